The molecule has 2 N–H and O–H groups in total. The van der Waals surface area contributed by atoms with Crippen LogP contribution in [0.2, 0.25) is 0 Å². The zero-order chi connectivity index (χ0) is 9.97. The van der Waals surface area contributed by atoms with Gasteiger partial charge in [-0.2, -0.15) is 4.98 Å². The van der Waals surface area contributed by atoms with E-state index in [0.29, 0.717) is 5.69 Å². The fourth-order valence-electron chi connectivity index (χ4n) is 1.11. The van der Waals surface area contributed by atoms with Crippen LogP contribution in [0.5, 0.6) is 0 Å². The number of pyridine rings is 1. The standard InChI is InChI=1S/C9H8N4O/c10-8-3-5-13(9(14)12-8)7-2-1-4-11-6-7/h1-6H,(H2,10,12,14). The second-order valence-corrected chi connectivity index (χ2v) is 2.72. The molecule has 5 heteroatoms. The molecule has 2 rings (SSSR count). The van der Waals surface area contributed by atoms with Crippen molar-refractivity contribution in [2.45, 2.75) is 0 Å². The summed E-state index contributed by atoms with van der Waals surface area (Å²) >= 11 is 0. The molecule has 0 atom stereocenters. The molecule has 14 heavy (non-hydrogen) atoms. The van der Waals surface area contributed by atoms with Gasteiger partial charge in [-0.25, -0.2) is 4.79 Å². The molecule has 0 fully saturated rings. The van der Waals surface area contributed by atoms with Crippen molar-refractivity contribution in [3.8, 4) is 5.69 Å². The zero-order valence-corrected chi connectivity index (χ0v) is 7.29. The third-order valence-corrected chi connectivity index (χ3v) is 1.75. The molecule has 70 valence electrons. The first-order valence-corrected chi connectivity index (χ1v) is 4.03. The lowest BCUT2D eigenvalue weighted by atomic mass is 10.4. The number of nitrogens with zero attached hydrogens (tertiary/aromatic N) is 3. The maximum atomic E-state index is 11.4. The summed E-state index contributed by atoms with van der Waals surface area (Å²) < 4.78 is 1.38. The largest absolute Gasteiger partial charge is 0.383 e. The van der Waals surface area contributed by atoms with Crippen LogP contribution < -0.4 is 11.4 Å². The molecule has 0 spiro atoms. The summed E-state index contributed by atoms with van der Waals surface area (Å²) in [6, 6.07) is 5.08. The summed E-state index contributed by atoms with van der Waals surface area (Å²) in [5, 5.41) is 0. The zero-order valence-electron chi connectivity index (χ0n) is 7.29. The molecule has 0 bridgehead atoms. The van der Waals surface area contributed by atoms with E-state index in [0.717, 1.165) is 0 Å². The van der Waals surface area contributed by atoms with Gasteiger partial charge in [0.05, 0.1) is 11.9 Å². The first-order chi connectivity index (χ1) is 6.77. The highest BCUT2D eigenvalue weighted by atomic mass is 16.1. The van der Waals surface area contributed by atoms with Crippen molar-refractivity contribution in [2.24, 2.45) is 0 Å². The van der Waals surface area contributed by atoms with Crippen LogP contribution in [-0.4, -0.2) is 14.5 Å². The predicted molar refractivity (Wildman–Crippen MR) is 52.0 cm³/mol. The SMILES string of the molecule is Nc1ccn(-c2cccnc2)c(=O)n1. The van der Waals surface area contributed by atoms with Crippen molar-refractivity contribution in [2.75, 3.05) is 5.73 Å². The van der Waals surface area contributed by atoms with Crippen LogP contribution in [0, 0.1) is 0 Å². The Labute approximate surface area is 79.9 Å². The van der Waals surface area contributed by atoms with Gasteiger partial charge >= 0.3 is 5.69 Å². The topological polar surface area (TPSA) is 73.8 Å². The first kappa shape index (κ1) is 8.43. The smallest absolute Gasteiger partial charge is 0.354 e. The summed E-state index contributed by atoms with van der Waals surface area (Å²) in [6.07, 6.45) is 4.79. The van der Waals surface area contributed by atoms with Crippen LogP contribution in [0.1, 0.15) is 0 Å². The average Bonchev–Trinajstić information content (AvgIpc) is 2.19. The fraction of sp³-hybridized carbons (Fsp3) is 0. The van der Waals surface area contributed by atoms with Gasteiger partial charge in [-0.1, -0.05) is 0 Å². The third kappa shape index (κ3) is 1.47. The molecule has 0 saturated carbocycles. The van der Waals surface area contributed by atoms with E-state index in [1.807, 2.05) is 0 Å². The van der Waals surface area contributed by atoms with Gasteiger partial charge in [0.15, 0.2) is 0 Å². The first-order valence-electron chi connectivity index (χ1n) is 4.03. The van der Waals surface area contributed by atoms with Crippen molar-refractivity contribution < 1.29 is 0 Å². The van der Waals surface area contributed by atoms with Gasteiger partial charge < -0.3 is 5.73 Å². The molecule has 0 aliphatic heterocycles. The van der Waals surface area contributed by atoms with Gasteiger partial charge in [-0.3, -0.25) is 9.55 Å². The van der Waals surface area contributed by atoms with Crippen molar-refractivity contribution >= 4 is 5.82 Å². The number of hydrogen-bond donors (Lipinski definition) is 1. The normalized spacial score (nSPS) is 10.0. The van der Waals surface area contributed by atoms with Crippen LogP contribution in [0.15, 0.2) is 41.6 Å². The number of anilines is 1. The van der Waals surface area contributed by atoms with Crippen molar-refractivity contribution in [1.82, 2.24) is 14.5 Å². The monoisotopic (exact) mass is 188 g/mol. The molecular weight excluding hydrogens is 180 g/mol. The van der Waals surface area contributed by atoms with E-state index in [9.17, 15) is 4.79 Å². The fourth-order valence-corrected chi connectivity index (χ4v) is 1.11. The summed E-state index contributed by atoms with van der Waals surface area (Å²) in [5.74, 6) is 0.218. The maximum absolute atomic E-state index is 11.4. The molecule has 0 amide bonds. The lowest BCUT2D eigenvalue weighted by molar-refractivity contribution is 0.913. The van der Waals surface area contributed by atoms with Gasteiger partial charge in [-0.05, 0) is 18.2 Å². The predicted octanol–water partition coefficient (Wildman–Crippen LogP) is 0.210. The van der Waals surface area contributed by atoms with Crippen LogP contribution in [0.4, 0.5) is 5.82 Å². The van der Waals surface area contributed by atoms with Crippen LogP contribution in [-0.2, 0) is 0 Å². The van der Waals surface area contributed by atoms with Crippen LogP contribution >= 0.6 is 0 Å². The summed E-state index contributed by atoms with van der Waals surface area (Å²) in [6.45, 7) is 0. The van der Waals surface area contributed by atoms with E-state index in [1.54, 1.807) is 36.8 Å². The molecule has 0 unspecified atom stereocenters. The average molecular weight is 188 g/mol. The Kier molecular flexibility index (Phi) is 1.98. The minimum atomic E-state index is -0.405. The Morgan fingerprint density at radius 3 is 2.86 bits per heavy atom. The Hall–Kier alpha value is -2.17. The highest BCUT2D eigenvalue weighted by Gasteiger charge is 1.99. The lowest BCUT2D eigenvalue weighted by Crippen LogP contribution is -2.21. The van der Waals surface area contributed by atoms with E-state index in [4.69, 9.17) is 5.73 Å². The number of nitrogen functional groups attached to an aromatic ring is 1. The third-order valence-electron chi connectivity index (χ3n) is 1.75. The maximum Gasteiger partial charge on any atom is 0.354 e. The number of rotatable bonds is 1. The van der Waals surface area contributed by atoms with Crippen molar-refractivity contribution in [3.05, 3.63) is 47.3 Å². The minimum absolute atomic E-state index is 0.218. The quantitative estimate of drug-likeness (QED) is 0.694. The number of nitrogens with two attached hydrogens (primary N) is 1. The van der Waals surface area contributed by atoms with Crippen molar-refractivity contribution in [1.29, 1.82) is 0 Å². The molecule has 0 radical (unpaired) electrons. The minimum Gasteiger partial charge on any atom is -0.383 e. The van der Waals surface area contributed by atoms with E-state index < -0.39 is 5.69 Å². The van der Waals surface area contributed by atoms with Gasteiger partial charge in [-0.15, -0.1) is 0 Å². The molecule has 0 aromatic carbocycles. The lowest BCUT2D eigenvalue weighted by Gasteiger charge is -2.02. The molecular formula is C9H8N4O. The van der Waals surface area contributed by atoms with Gasteiger partial charge in [0.1, 0.15) is 5.82 Å². The molecule has 2 heterocycles. The Balaban J connectivity index is 2.59. The van der Waals surface area contributed by atoms with E-state index in [-0.39, 0.29) is 5.82 Å². The highest BCUT2D eigenvalue weighted by Crippen LogP contribution is 2.01. The van der Waals surface area contributed by atoms with E-state index in [1.165, 1.54) is 4.57 Å². The molecule has 2 aromatic heterocycles. The van der Waals surface area contributed by atoms with E-state index in [2.05, 4.69) is 9.97 Å². The molecule has 0 saturated heterocycles. The molecule has 0 aliphatic carbocycles. The molecule has 5 nitrogen and oxygen atoms in total. The second kappa shape index (κ2) is 3.29. The van der Waals surface area contributed by atoms with Crippen LogP contribution in [0.3, 0.4) is 0 Å². The Morgan fingerprint density at radius 1 is 1.36 bits per heavy atom. The molecule has 0 aliphatic rings. The highest BCUT2D eigenvalue weighted by molar-refractivity contribution is 5.31. The number of aromatic nitrogens is 3. The number of hydrogen-bond acceptors (Lipinski definition) is 4. The van der Waals surface area contributed by atoms with Gasteiger partial charge in [0.2, 0.25) is 0 Å². The summed E-state index contributed by atoms with van der Waals surface area (Å²) in [7, 11) is 0. The Morgan fingerprint density at radius 2 is 2.21 bits per heavy atom. The van der Waals surface area contributed by atoms with E-state index >= 15 is 0 Å². The summed E-state index contributed by atoms with van der Waals surface area (Å²) in [4.78, 5) is 18.9. The van der Waals surface area contributed by atoms with Crippen LogP contribution in [0.25, 0.3) is 5.69 Å². The summed E-state index contributed by atoms with van der Waals surface area (Å²) in [5.41, 5.74) is 5.63. The van der Waals surface area contributed by atoms with Crippen molar-refractivity contribution in [3.63, 3.8) is 0 Å². The van der Waals surface area contributed by atoms with Gasteiger partial charge in [0, 0.05) is 12.4 Å². The molecule has 2 aromatic rings. The van der Waals surface area contributed by atoms with Gasteiger partial charge in [0.25, 0.3) is 0 Å². The second-order valence-electron chi connectivity index (χ2n) is 2.72. The Bertz CT molecular complexity index is 492.